The SMILES string of the molecule is COc1cc(N2CCC(N3CCN(CC4CCN(c5ccc6c(c5)C(=O)N(C5CCC(=O)NC5=O)C6=O)CC4)CC3)CC2)c(-c2cnn(C)c2)cc1Nc1ncc(Br)c(Nc2ccc(C3CC3)cc2P(C)(C)=O)n1. The fraction of sp³-hybridized carbons (Fsp3) is 0.463. The maximum Gasteiger partial charge on any atom is 0.262 e. The number of halogens is 1. The molecule has 4 amide bonds. The number of hydrogen-bond acceptors (Lipinski definition) is 15. The van der Waals surface area contributed by atoms with Crippen LogP contribution >= 0.6 is 23.1 Å². The number of amides is 4. The van der Waals surface area contributed by atoms with Crippen LogP contribution in [0.15, 0.2) is 71.6 Å². The summed E-state index contributed by atoms with van der Waals surface area (Å²) in [6.45, 7) is 12.5. The summed E-state index contributed by atoms with van der Waals surface area (Å²) in [6, 6.07) is 15.4. The highest BCUT2D eigenvalue weighted by Gasteiger charge is 2.45. The molecule has 1 aliphatic carbocycles. The molecule has 2 aromatic heterocycles. The third-order valence-electron chi connectivity index (χ3n) is 15.9. The number of carbonyl (C=O) groups is 4. The van der Waals surface area contributed by atoms with Gasteiger partial charge < -0.3 is 34.6 Å². The number of imide groups is 2. The van der Waals surface area contributed by atoms with Crippen LogP contribution in [-0.2, 0) is 21.2 Å². The monoisotopic (exact) mass is 1090 g/mol. The zero-order valence-electron chi connectivity index (χ0n) is 42.5. The maximum absolute atomic E-state index is 13.5. The lowest BCUT2D eigenvalue weighted by molar-refractivity contribution is -0.136. The van der Waals surface area contributed by atoms with Gasteiger partial charge >= 0.3 is 0 Å². The summed E-state index contributed by atoms with van der Waals surface area (Å²) >= 11 is 3.64. The minimum Gasteiger partial charge on any atom is -0.494 e. The van der Waals surface area contributed by atoms with Gasteiger partial charge in [0.15, 0.2) is 0 Å². The zero-order chi connectivity index (χ0) is 51.4. The third kappa shape index (κ3) is 10.3. The second kappa shape index (κ2) is 20.5. The topological polar surface area (TPSA) is 190 Å². The smallest absolute Gasteiger partial charge is 0.262 e. The number of piperidine rings is 3. The van der Waals surface area contributed by atoms with Gasteiger partial charge in [-0.15, -0.1) is 0 Å². The predicted molar refractivity (Wildman–Crippen MR) is 290 cm³/mol. The van der Waals surface area contributed by atoms with Gasteiger partial charge in [-0.05, 0) is 128 Å². The van der Waals surface area contributed by atoms with Gasteiger partial charge in [0.05, 0.1) is 40.3 Å². The molecule has 7 heterocycles. The van der Waals surface area contributed by atoms with Crippen molar-refractivity contribution in [1.82, 2.24) is 39.8 Å². The molecule has 0 radical (unpaired) electrons. The van der Waals surface area contributed by atoms with E-state index in [1.165, 1.54) is 18.4 Å². The van der Waals surface area contributed by atoms with E-state index in [2.05, 4.69) is 85.8 Å². The van der Waals surface area contributed by atoms with Gasteiger partial charge in [-0.2, -0.15) is 10.1 Å². The first-order valence-electron chi connectivity index (χ1n) is 26.0. The molecule has 74 heavy (non-hydrogen) atoms. The van der Waals surface area contributed by atoms with E-state index in [9.17, 15) is 23.7 Å². The van der Waals surface area contributed by atoms with Gasteiger partial charge in [-0.25, -0.2) is 4.98 Å². The second-order valence-electron chi connectivity index (χ2n) is 21.2. The number of rotatable bonds is 14. The van der Waals surface area contributed by atoms with Crippen LogP contribution in [0.5, 0.6) is 5.75 Å². The average Bonchev–Trinajstić information content (AvgIpc) is 4.11. The number of aromatic nitrogens is 4. The summed E-state index contributed by atoms with van der Waals surface area (Å²) in [6.07, 6.45) is 12.4. The number of carbonyl (C=O) groups excluding carboxylic acids is 4. The van der Waals surface area contributed by atoms with Crippen LogP contribution in [-0.4, -0.2) is 150 Å². The molecule has 3 aromatic carbocycles. The van der Waals surface area contributed by atoms with Crippen LogP contribution in [0.3, 0.4) is 0 Å². The second-order valence-corrected chi connectivity index (χ2v) is 25.2. The number of methoxy groups -OCH3 is 1. The van der Waals surface area contributed by atoms with Crippen LogP contribution in [0.2, 0.25) is 0 Å². The number of fused-ring (bicyclic) bond motifs is 1. The lowest BCUT2D eigenvalue weighted by Gasteiger charge is -2.44. The molecular formula is C54H64BrN12O6P. The van der Waals surface area contributed by atoms with Crippen molar-refractivity contribution in [1.29, 1.82) is 0 Å². The minimum atomic E-state index is -2.60. The Labute approximate surface area is 440 Å². The van der Waals surface area contributed by atoms with Crippen molar-refractivity contribution in [2.45, 2.75) is 69.4 Å². The Morgan fingerprint density at radius 2 is 1.53 bits per heavy atom. The molecule has 1 atom stereocenters. The number of ether oxygens (including phenoxy) is 1. The van der Waals surface area contributed by atoms with Gasteiger partial charge in [0, 0.05) is 125 Å². The number of hydrogen-bond donors (Lipinski definition) is 3. The number of aryl methyl sites for hydroxylation is 1. The molecule has 20 heteroatoms. The third-order valence-corrected chi connectivity index (χ3v) is 18.0. The highest BCUT2D eigenvalue weighted by molar-refractivity contribution is 9.10. The Bertz CT molecular complexity index is 3060. The van der Waals surface area contributed by atoms with Gasteiger partial charge in [0.1, 0.15) is 24.8 Å². The standard InChI is InChI=1S/C54H64BrN12O6P/c1-62-32-36(29-57-62)40-27-44(59-54-56-30-42(55)50(61-54)58-43-10-7-35(34-5-6-34)25-48(43)74(3,4)72)47(73-2)28-46(40)66-19-15-37(16-20-66)65-23-21-63(22-24-65)31-33-13-17-64(18-14-33)38-8-9-39-41(26-38)53(71)67(52(39)70)45-11-12-49(68)60-51(45)69/h7-10,25-30,32-34,37,45H,5-6,11-24,31H2,1-4H3,(H,60,68,69)(H2,56,58,59,61). The Balaban J connectivity index is 0.692. The number of benzene rings is 3. The largest absolute Gasteiger partial charge is 0.494 e. The van der Waals surface area contributed by atoms with E-state index < -0.39 is 30.9 Å². The molecule has 4 saturated heterocycles. The van der Waals surface area contributed by atoms with Gasteiger partial charge in [-0.1, -0.05) is 6.07 Å². The number of nitrogens with zero attached hydrogens (tertiary/aromatic N) is 9. The van der Waals surface area contributed by atoms with Crippen molar-refractivity contribution in [3.63, 3.8) is 0 Å². The fourth-order valence-electron chi connectivity index (χ4n) is 11.6. The van der Waals surface area contributed by atoms with Gasteiger partial charge in [-0.3, -0.25) is 39.0 Å². The summed E-state index contributed by atoms with van der Waals surface area (Å²) in [4.78, 5) is 71.6. The van der Waals surface area contributed by atoms with Crippen LogP contribution in [0.4, 0.5) is 34.5 Å². The van der Waals surface area contributed by atoms with E-state index in [-0.39, 0.29) is 18.7 Å². The van der Waals surface area contributed by atoms with Crippen molar-refractivity contribution in [2.24, 2.45) is 13.0 Å². The molecule has 5 fully saturated rings. The molecule has 11 rings (SSSR count). The van der Waals surface area contributed by atoms with E-state index in [0.717, 1.165) is 129 Å². The van der Waals surface area contributed by atoms with E-state index in [0.29, 0.717) is 51.0 Å². The Morgan fingerprint density at radius 1 is 0.784 bits per heavy atom. The first kappa shape index (κ1) is 50.0. The summed E-state index contributed by atoms with van der Waals surface area (Å²) in [7, 11) is 1.01. The Morgan fingerprint density at radius 3 is 2.22 bits per heavy atom. The first-order chi connectivity index (χ1) is 35.7. The summed E-state index contributed by atoms with van der Waals surface area (Å²) in [5.74, 6) is 0.808. The quantitative estimate of drug-likeness (QED) is 0.0750. The molecular weight excluding hydrogens is 1020 g/mol. The van der Waals surface area contributed by atoms with E-state index >= 15 is 0 Å². The van der Waals surface area contributed by atoms with E-state index in [1.807, 2.05) is 49.6 Å². The molecule has 5 aliphatic heterocycles. The molecule has 1 saturated carbocycles. The summed E-state index contributed by atoms with van der Waals surface area (Å²) < 4.78 is 22.1. The number of piperazine rings is 1. The van der Waals surface area contributed by atoms with Crippen LogP contribution in [0.25, 0.3) is 11.1 Å². The zero-order valence-corrected chi connectivity index (χ0v) is 45.0. The van der Waals surface area contributed by atoms with Gasteiger partial charge in [0.25, 0.3) is 11.8 Å². The van der Waals surface area contributed by atoms with Crippen molar-refractivity contribution in [3.05, 3.63) is 88.3 Å². The van der Waals surface area contributed by atoms with Crippen LogP contribution in [0.1, 0.15) is 83.6 Å². The van der Waals surface area contributed by atoms with E-state index in [1.54, 1.807) is 25.4 Å². The Hall–Kier alpha value is -6.14. The Kier molecular flexibility index (Phi) is 13.9. The van der Waals surface area contributed by atoms with Crippen LogP contribution < -0.4 is 35.8 Å². The molecule has 18 nitrogen and oxygen atoms in total. The van der Waals surface area contributed by atoms with Gasteiger partial charge in [0.2, 0.25) is 17.8 Å². The summed E-state index contributed by atoms with van der Waals surface area (Å²) in [5.41, 5.74) is 7.41. The highest BCUT2D eigenvalue weighted by atomic mass is 79.9. The van der Waals surface area contributed by atoms with E-state index in [4.69, 9.17) is 9.72 Å². The highest BCUT2D eigenvalue weighted by Crippen LogP contribution is 2.45. The predicted octanol–water partition coefficient (Wildman–Crippen LogP) is 7.17. The molecule has 6 aliphatic rings. The first-order valence-corrected chi connectivity index (χ1v) is 29.4. The summed E-state index contributed by atoms with van der Waals surface area (Å²) in [5, 5.41) is 14.5. The lowest BCUT2D eigenvalue weighted by Crippen LogP contribution is -2.54. The molecule has 3 N–H and O–H groups in total. The fourth-order valence-corrected chi connectivity index (χ4v) is 13.1. The number of nitrogens with one attached hydrogen (secondary N) is 3. The maximum atomic E-state index is 13.5. The normalized spacial score (nSPS) is 20.6. The average molecular weight is 1090 g/mol. The van der Waals surface area contributed by atoms with Crippen molar-refractivity contribution >= 4 is 86.5 Å². The number of anilines is 6. The van der Waals surface area contributed by atoms with Crippen molar-refractivity contribution in [3.8, 4) is 16.9 Å². The molecule has 5 aromatic rings. The minimum absolute atomic E-state index is 0.0959. The molecule has 388 valence electrons. The molecule has 0 bridgehead atoms. The van der Waals surface area contributed by atoms with Crippen molar-refractivity contribution < 1.29 is 28.5 Å². The van der Waals surface area contributed by atoms with Crippen LogP contribution in [0, 0.1) is 5.92 Å². The molecule has 0 spiro atoms. The van der Waals surface area contributed by atoms with Crippen molar-refractivity contribution in [2.75, 3.05) is 99.8 Å². The molecule has 1 unspecified atom stereocenters. The lowest BCUT2D eigenvalue weighted by atomic mass is 9.95.